The van der Waals surface area contributed by atoms with Crippen molar-refractivity contribution in [3.05, 3.63) is 62.2 Å². The first kappa shape index (κ1) is 17.4. The second-order valence-electron chi connectivity index (χ2n) is 6.75. The van der Waals surface area contributed by atoms with Crippen molar-refractivity contribution in [2.75, 3.05) is 23.3 Å². The minimum absolute atomic E-state index is 0.215. The molecule has 2 aliphatic heterocycles. The maximum absolute atomic E-state index is 13.0. The number of allylic oxidation sites excluding steroid dienone is 1. The molecule has 8 heteroatoms. The highest BCUT2D eigenvalue weighted by atomic mass is 35.5. The van der Waals surface area contributed by atoms with Gasteiger partial charge in [-0.3, -0.25) is 9.78 Å². The summed E-state index contributed by atoms with van der Waals surface area (Å²) in [5, 5.41) is 13.2. The zero-order chi connectivity index (χ0) is 19.0. The van der Waals surface area contributed by atoms with Gasteiger partial charge in [0.15, 0.2) is 0 Å². The molecule has 27 heavy (non-hydrogen) atoms. The third-order valence-corrected chi connectivity index (χ3v) is 5.29. The van der Waals surface area contributed by atoms with Crippen LogP contribution in [-0.4, -0.2) is 23.1 Å². The fourth-order valence-corrected chi connectivity index (χ4v) is 3.82. The van der Waals surface area contributed by atoms with Gasteiger partial charge in [-0.1, -0.05) is 23.7 Å². The number of aromatic amines is 1. The van der Waals surface area contributed by atoms with Gasteiger partial charge in [0, 0.05) is 18.1 Å². The van der Waals surface area contributed by atoms with Gasteiger partial charge >= 0.3 is 0 Å². The van der Waals surface area contributed by atoms with Gasteiger partial charge < -0.3 is 16.0 Å². The van der Waals surface area contributed by atoms with Crippen molar-refractivity contribution in [3.63, 3.8) is 0 Å². The zero-order valence-corrected chi connectivity index (χ0v) is 15.4. The highest BCUT2D eigenvalue weighted by Crippen LogP contribution is 2.38. The Hall–Kier alpha value is -2.98. The second-order valence-corrected chi connectivity index (χ2v) is 7.18. The van der Waals surface area contributed by atoms with Crippen LogP contribution in [0.1, 0.15) is 36.3 Å². The number of halogens is 1. The molecule has 1 saturated heterocycles. The van der Waals surface area contributed by atoms with Crippen LogP contribution in [0.3, 0.4) is 0 Å². The van der Waals surface area contributed by atoms with Crippen LogP contribution in [0.25, 0.3) is 0 Å². The van der Waals surface area contributed by atoms with Gasteiger partial charge in [0.25, 0.3) is 5.56 Å². The molecule has 3 heterocycles. The van der Waals surface area contributed by atoms with Gasteiger partial charge in [0.1, 0.15) is 11.6 Å². The molecule has 138 valence electrons. The van der Waals surface area contributed by atoms with Gasteiger partial charge in [-0.15, -0.1) is 0 Å². The molecule has 4 rings (SSSR count). The Kier molecular flexibility index (Phi) is 4.50. The zero-order valence-electron chi connectivity index (χ0n) is 14.6. The molecule has 0 radical (unpaired) electrons. The van der Waals surface area contributed by atoms with Gasteiger partial charge in [0.2, 0.25) is 5.95 Å². The van der Waals surface area contributed by atoms with Crippen LogP contribution < -0.4 is 21.5 Å². The smallest absolute Gasteiger partial charge is 0.258 e. The SMILES string of the molecule is N#CC1=C(N)Nc2nc(N3CCCCC3)[nH]c(=O)c2[C@@H]1c1ccc(Cl)cc1. The van der Waals surface area contributed by atoms with Crippen molar-refractivity contribution in [1.82, 2.24) is 9.97 Å². The molecule has 1 aromatic heterocycles. The van der Waals surface area contributed by atoms with Gasteiger partial charge in [-0.05, 0) is 37.0 Å². The topological polar surface area (TPSA) is 111 Å². The van der Waals surface area contributed by atoms with E-state index in [1.54, 1.807) is 24.3 Å². The molecule has 1 fully saturated rings. The molecular formula is C19H19ClN6O. The Labute approximate surface area is 161 Å². The van der Waals surface area contributed by atoms with Crippen molar-refractivity contribution in [2.45, 2.75) is 25.2 Å². The molecule has 0 spiro atoms. The minimum atomic E-state index is -0.588. The quantitative estimate of drug-likeness (QED) is 0.736. The molecular weight excluding hydrogens is 364 g/mol. The number of piperidine rings is 1. The Bertz CT molecular complexity index is 998. The van der Waals surface area contributed by atoms with Crippen LogP contribution >= 0.6 is 11.6 Å². The molecule has 2 aliphatic rings. The van der Waals surface area contributed by atoms with Crippen molar-refractivity contribution in [2.24, 2.45) is 5.73 Å². The number of rotatable bonds is 2. The van der Waals surface area contributed by atoms with E-state index in [1.165, 1.54) is 6.42 Å². The molecule has 1 atom stereocenters. The Morgan fingerprint density at radius 2 is 1.93 bits per heavy atom. The third-order valence-electron chi connectivity index (χ3n) is 5.04. The molecule has 0 unspecified atom stereocenters. The summed E-state index contributed by atoms with van der Waals surface area (Å²) in [6.45, 7) is 1.72. The van der Waals surface area contributed by atoms with Gasteiger partial charge in [-0.2, -0.15) is 10.2 Å². The lowest BCUT2D eigenvalue weighted by molar-refractivity contribution is 0.567. The molecule has 1 aromatic carbocycles. The van der Waals surface area contributed by atoms with Gasteiger partial charge in [-0.25, -0.2) is 0 Å². The highest BCUT2D eigenvalue weighted by molar-refractivity contribution is 6.30. The van der Waals surface area contributed by atoms with E-state index in [2.05, 4.69) is 26.3 Å². The fraction of sp³-hybridized carbons (Fsp3) is 0.316. The molecule has 0 aliphatic carbocycles. The Balaban J connectivity index is 1.85. The fourth-order valence-electron chi connectivity index (χ4n) is 3.70. The first-order chi connectivity index (χ1) is 13.1. The average molecular weight is 383 g/mol. The summed E-state index contributed by atoms with van der Waals surface area (Å²) in [5.41, 5.74) is 7.27. The summed E-state index contributed by atoms with van der Waals surface area (Å²) in [5.74, 6) is 0.563. The predicted molar refractivity (Wildman–Crippen MR) is 105 cm³/mol. The van der Waals surface area contributed by atoms with E-state index in [0.29, 0.717) is 27.9 Å². The molecule has 0 saturated carbocycles. The van der Waals surface area contributed by atoms with Crippen LogP contribution in [0, 0.1) is 11.3 Å². The maximum Gasteiger partial charge on any atom is 0.258 e. The molecule has 4 N–H and O–H groups in total. The normalized spacial score (nSPS) is 19.3. The van der Waals surface area contributed by atoms with Crippen molar-refractivity contribution < 1.29 is 0 Å². The van der Waals surface area contributed by atoms with E-state index in [4.69, 9.17) is 17.3 Å². The lowest BCUT2D eigenvalue weighted by Gasteiger charge is -2.30. The summed E-state index contributed by atoms with van der Waals surface area (Å²) in [6.07, 6.45) is 3.33. The predicted octanol–water partition coefficient (Wildman–Crippen LogP) is 2.66. The first-order valence-electron chi connectivity index (χ1n) is 8.90. The molecule has 2 aromatic rings. The standard InChI is InChI=1S/C19H19ClN6O/c20-12-6-4-11(5-7-12)14-13(10-21)16(22)23-17-15(14)18(27)25-19(24-17)26-8-2-1-3-9-26/h4-7,14H,1-3,8-9,22H2,(H2,23,24,25,27)/t14-/m1/s1. The van der Waals surface area contributed by atoms with E-state index in [0.717, 1.165) is 31.5 Å². The largest absolute Gasteiger partial charge is 0.384 e. The van der Waals surface area contributed by atoms with Crippen LogP contribution in [-0.2, 0) is 0 Å². The number of hydrogen-bond acceptors (Lipinski definition) is 6. The van der Waals surface area contributed by atoms with E-state index in [-0.39, 0.29) is 11.4 Å². The van der Waals surface area contributed by atoms with Crippen molar-refractivity contribution in [3.8, 4) is 6.07 Å². The number of aromatic nitrogens is 2. The summed E-state index contributed by atoms with van der Waals surface area (Å²) in [4.78, 5) is 22.6. The van der Waals surface area contributed by atoms with Crippen LogP contribution in [0.2, 0.25) is 5.02 Å². The Morgan fingerprint density at radius 3 is 2.59 bits per heavy atom. The second kappa shape index (κ2) is 6.97. The van der Waals surface area contributed by atoms with Crippen LogP contribution in [0.4, 0.5) is 11.8 Å². The number of fused-ring (bicyclic) bond motifs is 1. The number of nitrogens with zero attached hydrogens (tertiary/aromatic N) is 3. The summed E-state index contributed by atoms with van der Waals surface area (Å²) < 4.78 is 0. The van der Waals surface area contributed by atoms with Crippen molar-refractivity contribution >= 4 is 23.4 Å². The molecule has 7 nitrogen and oxygen atoms in total. The highest BCUT2D eigenvalue weighted by Gasteiger charge is 2.33. The molecule has 0 bridgehead atoms. The van der Waals surface area contributed by atoms with E-state index in [1.807, 2.05) is 0 Å². The number of benzene rings is 1. The van der Waals surface area contributed by atoms with Crippen molar-refractivity contribution in [1.29, 1.82) is 5.26 Å². The third kappa shape index (κ3) is 3.13. The average Bonchev–Trinajstić information content (AvgIpc) is 2.68. The first-order valence-corrected chi connectivity index (χ1v) is 9.27. The Morgan fingerprint density at radius 1 is 1.22 bits per heavy atom. The number of nitriles is 1. The summed E-state index contributed by atoms with van der Waals surface area (Å²) >= 11 is 5.99. The number of hydrogen-bond donors (Lipinski definition) is 3. The van der Waals surface area contributed by atoms with E-state index < -0.39 is 5.92 Å². The van der Waals surface area contributed by atoms with Crippen LogP contribution in [0.5, 0.6) is 0 Å². The van der Waals surface area contributed by atoms with E-state index in [9.17, 15) is 10.1 Å². The minimum Gasteiger partial charge on any atom is -0.384 e. The monoisotopic (exact) mass is 382 g/mol. The number of nitrogens with one attached hydrogen (secondary N) is 2. The lowest BCUT2D eigenvalue weighted by Crippen LogP contribution is -2.36. The number of H-pyrrole nitrogens is 1. The van der Waals surface area contributed by atoms with Gasteiger partial charge in [0.05, 0.1) is 23.1 Å². The summed E-state index contributed by atoms with van der Waals surface area (Å²) in [6, 6.07) is 9.18. The van der Waals surface area contributed by atoms with E-state index >= 15 is 0 Å². The van der Waals surface area contributed by atoms with Crippen LogP contribution in [0.15, 0.2) is 40.5 Å². The number of nitrogens with two attached hydrogens (primary N) is 1. The lowest BCUT2D eigenvalue weighted by atomic mass is 9.84. The number of anilines is 2. The maximum atomic E-state index is 13.0. The summed E-state index contributed by atoms with van der Waals surface area (Å²) in [7, 11) is 0. The molecule has 0 amide bonds.